The fourth-order valence-corrected chi connectivity index (χ4v) is 1.92. The van der Waals surface area contributed by atoms with Crippen LogP contribution in [0.4, 0.5) is 0 Å². The normalized spacial score (nSPS) is 9.86. The van der Waals surface area contributed by atoms with Gasteiger partial charge in [0.1, 0.15) is 6.10 Å². The van der Waals surface area contributed by atoms with Crippen LogP contribution < -0.4 is 0 Å². The molecular weight excluding hydrogens is 380 g/mol. The van der Waals surface area contributed by atoms with Crippen molar-refractivity contribution in [3.8, 4) is 0 Å². The number of unbranched alkanes of at least 4 members (excludes halogenated alkanes) is 4. The number of aromatic carboxylic acids is 2. The Balaban J connectivity index is 0. The van der Waals surface area contributed by atoms with Gasteiger partial charge in [-0.05, 0) is 25.0 Å². The SMILES string of the molecule is CCCCCOCCCCC.O=C(O)c1ccccc1C(=O)O.OCC(O)CO. The molecule has 168 valence electrons. The van der Waals surface area contributed by atoms with Crippen molar-refractivity contribution >= 4 is 11.9 Å². The zero-order valence-corrected chi connectivity index (χ0v) is 17.4. The van der Waals surface area contributed by atoms with Crippen molar-refractivity contribution in [2.75, 3.05) is 26.4 Å². The highest BCUT2D eigenvalue weighted by molar-refractivity contribution is 6.01. The van der Waals surface area contributed by atoms with Gasteiger partial charge in [0, 0.05) is 13.2 Å². The van der Waals surface area contributed by atoms with E-state index >= 15 is 0 Å². The van der Waals surface area contributed by atoms with Crippen molar-refractivity contribution in [2.45, 2.75) is 58.5 Å². The minimum absolute atomic E-state index is 0.190. The molecule has 0 spiro atoms. The molecule has 1 rings (SSSR count). The summed E-state index contributed by atoms with van der Waals surface area (Å²) in [6.07, 6.45) is 6.73. The average Bonchev–Trinajstić information content (AvgIpc) is 2.73. The summed E-state index contributed by atoms with van der Waals surface area (Å²) in [5.74, 6) is -2.46. The predicted molar refractivity (Wildman–Crippen MR) is 110 cm³/mol. The standard InChI is InChI=1S/C10H22O.C8H6O4.C3H8O3/c1-3-5-7-9-11-10-8-6-4-2;9-7(10)5-3-1-2-4-6(5)8(11)12;4-1-3(6)2-5/h3-10H2,1-2H3;1-4H,(H,9,10)(H,11,12);3-6H,1-2H2. The van der Waals surface area contributed by atoms with Gasteiger partial charge in [-0.1, -0.05) is 51.7 Å². The van der Waals surface area contributed by atoms with Crippen molar-refractivity contribution in [1.29, 1.82) is 0 Å². The highest BCUT2D eigenvalue weighted by atomic mass is 16.5. The number of hydrogen-bond donors (Lipinski definition) is 5. The molecule has 5 N–H and O–H groups in total. The van der Waals surface area contributed by atoms with Crippen LogP contribution in [0.25, 0.3) is 0 Å². The van der Waals surface area contributed by atoms with Crippen LogP contribution in [0.2, 0.25) is 0 Å². The van der Waals surface area contributed by atoms with Gasteiger partial charge in [0.25, 0.3) is 0 Å². The van der Waals surface area contributed by atoms with E-state index in [0.717, 1.165) is 13.2 Å². The molecule has 0 aliphatic carbocycles. The molecule has 0 fully saturated rings. The Labute approximate surface area is 172 Å². The first-order valence-corrected chi connectivity index (χ1v) is 9.88. The Bertz CT molecular complexity index is 488. The lowest BCUT2D eigenvalue weighted by molar-refractivity contribution is 0.0450. The van der Waals surface area contributed by atoms with Crippen molar-refractivity contribution in [1.82, 2.24) is 0 Å². The van der Waals surface area contributed by atoms with Gasteiger partial charge >= 0.3 is 11.9 Å². The Morgan fingerprint density at radius 3 is 1.45 bits per heavy atom. The van der Waals surface area contributed by atoms with Gasteiger partial charge in [-0.2, -0.15) is 0 Å². The first-order chi connectivity index (χ1) is 13.8. The van der Waals surface area contributed by atoms with Crippen LogP contribution in [0.15, 0.2) is 24.3 Å². The number of carbonyl (C=O) groups is 2. The van der Waals surface area contributed by atoms with E-state index in [0.29, 0.717) is 0 Å². The predicted octanol–water partition coefficient (Wildman–Crippen LogP) is 2.80. The molecular formula is C21H36O8. The molecule has 29 heavy (non-hydrogen) atoms. The van der Waals surface area contributed by atoms with Gasteiger partial charge < -0.3 is 30.3 Å². The number of ether oxygens (including phenoxy) is 1. The largest absolute Gasteiger partial charge is 0.478 e. The van der Waals surface area contributed by atoms with Crippen molar-refractivity contribution in [3.63, 3.8) is 0 Å². The van der Waals surface area contributed by atoms with Gasteiger partial charge in [0.05, 0.1) is 24.3 Å². The molecule has 8 heteroatoms. The molecule has 0 amide bonds. The van der Waals surface area contributed by atoms with Crippen LogP contribution in [0.1, 0.15) is 73.1 Å². The zero-order valence-electron chi connectivity index (χ0n) is 17.4. The van der Waals surface area contributed by atoms with E-state index in [1.807, 2.05) is 0 Å². The topological polar surface area (TPSA) is 145 Å². The number of carboxylic acids is 2. The quantitative estimate of drug-likeness (QED) is 0.327. The van der Waals surface area contributed by atoms with Crippen LogP contribution in [0, 0.1) is 0 Å². The second kappa shape index (κ2) is 20.7. The number of aliphatic hydroxyl groups is 3. The van der Waals surface area contributed by atoms with E-state index in [1.54, 1.807) is 0 Å². The third kappa shape index (κ3) is 17.8. The summed E-state index contributed by atoms with van der Waals surface area (Å²) >= 11 is 0. The summed E-state index contributed by atoms with van der Waals surface area (Å²) in [5, 5.41) is 41.1. The average molecular weight is 417 g/mol. The van der Waals surface area contributed by atoms with Crippen LogP contribution in [0.5, 0.6) is 0 Å². The molecule has 0 bridgehead atoms. The first kappa shape index (κ1) is 29.2. The number of hydrogen-bond acceptors (Lipinski definition) is 6. The molecule has 0 heterocycles. The summed E-state index contributed by atoms with van der Waals surface area (Å²) in [6.45, 7) is 5.65. The van der Waals surface area contributed by atoms with E-state index in [9.17, 15) is 9.59 Å². The highest BCUT2D eigenvalue weighted by Gasteiger charge is 2.13. The molecule has 0 aliphatic rings. The van der Waals surface area contributed by atoms with E-state index < -0.39 is 18.0 Å². The van der Waals surface area contributed by atoms with Gasteiger partial charge in [-0.25, -0.2) is 9.59 Å². The summed E-state index contributed by atoms with van der Waals surface area (Å²) in [6, 6.07) is 5.48. The fourth-order valence-electron chi connectivity index (χ4n) is 1.92. The molecule has 0 aromatic heterocycles. The van der Waals surface area contributed by atoms with Crippen molar-refractivity contribution < 1.29 is 39.9 Å². The number of rotatable bonds is 12. The first-order valence-electron chi connectivity index (χ1n) is 9.88. The van der Waals surface area contributed by atoms with Crippen LogP contribution in [-0.4, -0.2) is 70.0 Å². The second-order valence-electron chi connectivity index (χ2n) is 6.20. The Morgan fingerprint density at radius 2 is 1.21 bits per heavy atom. The lowest BCUT2D eigenvalue weighted by atomic mass is 10.1. The van der Waals surface area contributed by atoms with Crippen molar-refractivity contribution in [2.24, 2.45) is 0 Å². The highest BCUT2D eigenvalue weighted by Crippen LogP contribution is 2.07. The zero-order chi connectivity index (χ0) is 22.5. The third-order valence-electron chi connectivity index (χ3n) is 3.59. The third-order valence-corrected chi connectivity index (χ3v) is 3.59. The van der Waals surface area contributed by atoms with Gasteiger partial charge in [0.2, 0.25) is 0 Å². The van der Waals surface area contributed by atoms with E-state index in [-0.39, 0.29) is 24.3 Å². The lowest BCUT2D eigenvalue weighted by Crippen LogP contribution is -2.15. The van der Waals surface area contributed by atoms with Gasteiger partial charge in [-0.3, -0.25) is 0 Å². The van der Waals surface area contributed by atoms with E-state index in [4.69, 9.17) is 30.3 Å². The molecule has 0 aliphatic heterocycles. The monoisotopic (exact) mass is 416 g/mol. The minimum Gasteiger partial charge on any atom is -0.478 e. The number of carboxylic acid groups (broad SMARTS) is 2. The van der Waals surface area contributed by atoms with Crippen LogP contribution in [0.3, 0.4) is 0 Å². The Morgan fingerprint density at radius 1 is 0.828 bits per heavy atom. The van der Waals surface area contributed by atoms with E-state index in [2.05, 4.69) is 13.8 Å². The second-order valence-corrected chi connectivity index (χ2v) is 6.20. The van der Waals surface area contributed by atoms with Gasteiger partial charge in [-0.15, -0.1) is 0 Å². The molecule has 0 radical (unpaired) electrons. The summed E-state index contributed by atoms with van der Waals surface area (Å²) in [4.78, 5) is 20.9. The molecule has 8 nitrogen and oxygen atoms in total. The molecule has 0 unspecified atom stereocenters. The van der Waals surface area contributed by atoms with Gasteiger partial charge in [0.15, 0.2) is 0 Å². The summed E-state index contributed by atoms with van der Waals surface area (Å²) in [7, 11) is 0. The number of aliphatic hydroxyl groups excluding tert-OH is 3. The summed E-state index contributed by atoms with van der Waals surface area (Å²) in [5.41, 5.74) is -0.380. The van der Waals surface area contributed by atoms with Crippen molar-refractivity contribution in [3.05, 3.63) is 35.4 Å². The molecule has 0 atom stereocenters. The maximum Gasteiger partial charge on any atom is 0.336 e. The summed E-state index contributed by atoms with van der Waals surface area (Å²) < 4.78 is 5.44. The lowest BCUT2D eigenvalue weighted by Gasteiger charge is -2.01. The smallest absolute Gasteiger partial charge is 0.336 e. The number of benzene rings is 1. The van der Waals surface area contributed by atoms with Crippen LogP contribution >= 0.6 is 0 Å². The molecule has 1 aromatic carbocycles. The Kier molecular flexibility index (Phi) is 20.9. The van der Waals surface area contributed by atoms with Crippen LogP contribution in [-0.2, 0) is 4.74 Å². The molecule has 0 saturated carbocycles. The minimum atomic E-state index is -1.23. The Hall–Kier alpha value is -2.00. The molecule has 1 aromatic rings. The van der Waals surface area contributed by atoms with E-state index in [1.165, 1.54) is 62.8 Å². The maximum atomic E-state index is 10.5. The maximum absolute atomic E-state index is 10.5. The fraction of sp³-hybridized carbons (Fsp3) is 0.619. The molecule has 0 saturated heterocycles.